The van der Waals surface area contributed by atoms with Gasteiger partial charge in [-0.3, -0.25) is 14.4 Å². The molecule has 2 rings (SSSR count). The van der Waals surface area contributed by atoms with Crippen molar-refractivity contribution in [1.29, 1.82) is 0 Å². The van der Waals surface area contributed by atoms with Crippen molar-refractivity contribution in [3.8, 4) is 0 Å². The summed E-state index contributed by atoms with van der Waals surface area (Å²) >= 11 is 0. The third-order valence-corrected chi connectivity index (χ3v) is 3.53. The van der Waals surface area contributed by atoms with Crippen molar-refractivity contribution >= 4 is 17.6 Å². The number of aryl methyl sites for hydroxylation is 1. The van der Waals surface area contributed by atoms with Crippen molar-refractivity contribution in [2.45, 2.75) is 13.8 Å². The molecule has 0 aliphatic heterocycles. The van der Waals surface area contributed by atoms with Gasteiger partial charge in [-0.05, 0) is 32.0 Å². The van der Waals surface area contributed by atoms with Crippen molar-refractivity contribution in [3.05, 3.63) is 70.8 Å². The van der Waals surface area contributed by atoms with E-state index in [1.165, 1.54) is 6.92 Å². The van der Waals surface area contributed by atoms with Gasteiger partial charge < -0.3 is 10.6 Å². The number of nitrogens with one attached hydrogen (secondary N) is 2. The summed E-state index contributed by atoms with van der Waals surface area (Å²) in [4.78, 5) is 35.7. The molecule has 0 aromatic heterocycles. The van der Waals surface area contributed by atoms with Gasteiger partial charge in [0.05, 0.1) is 5.56 Å². The van der Waals surface area contributed by atoms with E-state index in [-0.39, 0.29) is 24.1 Å². The van der Waals surface area contributed by atoms with Crippen LogP contribution in [0.1, 0.15) is 43.6 Å². The molecule has 124 valence electrons. The molecule has 0 saturated heterocycles. The molecule has 2 amide bonds. The summed E-state index contributed by atoms with van der Waals surface area (Å²) in [6.45, 7) is 3.93. The molecule has 2 aromatic carbocycles. The Morgan fingerprint density at radius 2 is 1.46 bits per heavy atom. The van der Waals surface area contributed by atoms with Crippen LogP contribution in [0.4, 0.5) is 0 Å². The third kappa shape index (κ3) is 4.52. The van der Waals surface area contributed by atoms with Crippen LogP contribution in [0.15, 0.2) is 48.5 Å². The van der Waals surface area contributed by atoms with E-state index in [0.717, 1.165) is 5.56 Å². The zero-order chi connectivity index (χ0) is 17.5. The molecule has 0 aliphatic rings. The smallest absolute Gasteiger partial charge is 0.252 e. The summed E-state index contributed by atoms with van der Waals surface area (Å²) in [6, 6.07) is 13.9. The number of rotatable bonds is 6. The highest BCUT2D eigenvalue weighted by molar-refractivity contribution is 6.07. The Morgan fingerprint density at radius 1 is 0.833 bits per heavy atom. The van der Waals surface area contributed by atoms with Gasteiger partial charge in [0.25, 0.3) is 11.8 Å². The van der Waals surface area contributed by atoms with Gasteiger partial charge in [0.2, 0.25) is 0 Å². The lowest BCUT2D eigenvalue weighted by Crippen LogP contribution is -2.35. The first kappa shape index (κ1) is 17.4. The molecule has 24 heavy (non-hydrogen) atoms. The molecular formula is C19H20N2O3. The number of carbonyl (C=O) groups excluding carboxylic acids is 3. The molecule has 5 nitrogen and oxygen atoms in total. The van der Waals surface area contributed by atoms with Gasteiger partial charge in [-0.15, -0.1) is 0 Å². The minimum Gasteiger partial charge on any atom is -0.350 e. The molecule has 5 heteroatoms. The van der Waals surface area contributed by atoms with Crippen LogP contribution in [-0.4, -0.2) is 30.7 Å². The molecular weight excluding hydrogens is 304 g/mol. The van der Waals surface area contributed by atoms with Gasteiger partial charge in [0, 0.05) is 24.2 Å². The van der Waals surface area contributed by atoms with E-state index in [2.05, 4.69) is 10.6 Å². The highest BCUT2D eigenvalue weighted by atomic mass is 16.2. The minimum atomic E-state index is -0.328. The second-order valence-corrected chi connectivity index (χ2v) is 5.48. The van der Waals surface area contributed by atoms with Gasteiger partial charge in [0.1, 0.15) is 0 Å². The lowest BCUT2D eigenvalue weighted by molar-refractivity contribution is 0.0923. The highest BCUT2D eigenvalue weighted by Gasteiger charge is 2.13. The van der Waals surface area contributed by atoms with E-state index in [0.29, 0.717) is 23.2 Å². The number of hydrogen-bond acceptors (Lipinski definition) is 3. The maximum atomic E-state index is 12.2. The number of Topliss-reactive ketones (excluding diaryl/α,β-unsaturated/α-hetero) is 1. The lowest BCUT2D eigenvalue weighted by Gasteiger charge is -2.09. The summed E-state index contributed by atoms with van der Waals surface area (Å²) in [7, 11) is 0. The topological polar surface area (TPSA) is 75.3 Å². The summed E-state index contributed by atoms with van der Waals surface area (Å²) in [5, 5.41) is 5.46. The Balaban J connectivity index is 1.85. The fraction of sp³-hybridized carbons (Fsp3) is 0.211. The number of ketones is 1. The van der Waals surface area contributed by atoms with Gasteiger partial charge in [-0.2, -0.15) is 0 Å². The molecule has 0 heterocycles. The van der Waals surface area contributed by atoms with Crippen LogP contribution in [-0.2, 0) is 0 Å². The Kier molecular flexibility index (Phi) is 5.84. The zero-order valence-electron chi connectivity index (χ0n) is 13.8. The van der Waals surface area contributed by atoms with Gasteiger partial charge in [-0.25, -0.2) is 0 Å². The van der Waals surface area contributed by atoms with Crippen molar-refractivity contribution in [2.24, 2.45) is 0 Å². The monoisotopic (exact) mass is 324 g/mol. The lowest BCUT2D eigenvalue weighted by atomic mass is 10.0. The Hall–Kier alpha value is -2.95. The Bertz CT molecular complexity index is 769. The summed E-state index contributed by atoms with van der Waals surface area (Å²) in [5.74, 6) is -0.670. The number of carbonyl (C=O) groups is 3. The maximum absolute atomic E-state index is 12.2. The fourth-order valence-corrected chi connectivity index (χ4v) is 2.32. The first-order valence-electron chi connectivity index (χ1n) is 7.72. The molecule has 0 unspecified atom stereocenters. The highest BCUT2D eigenvalue weighted by Crippen LogP contribution is 2.09. The van der Waals surface area contributed by atoms with Crippen molar-refractivity contribution < 1.29 is 14.4 Å². The third-order valence-electron chi connectivity index (χ3n) is 3.53. The molecule has 0 fully saturated rings. The van der Waals surface area contributed by atoms with E-state index in [9.17, 15) is 14.4 Å². The maximum Gasteiger partial charge on any atom is 0.252 e. The molecule has 0 aliphatic carbocycles. The minimum absolute atomic E-state index is 0.159. The molecule has 0 atom stereocenters. The number of benzene rings is 2. The van der Waals surface area contributed by atoms with Crippen molar-refractivity contribution in [2.75, 3.05) is 13.1 Å². The van der Waals surface area contributed by atoms with E-state index >= 15 is 0 Å². The largest absolute Gasteiger partial charge is 0.350 e. The molecule has 2 aromatic rings. The van der Waals surface area contributed by atoms with Crippen molar-refractivity contribution in [3.63, 3.8) is 0 Å². The number of amides is 2. The number of hydrogen-bond donors (Lipinski definition) is 2. The van der Waals surface area contributed by atoms with Crippen molar-refractivity contribution in [1.82, 2.24) is 10.6 Å². The molecule has 0 spiro atoms. The summed E-state index contributed by atoms with van der Waals surface area (Å²) in [5.41, 5.74) is 2.33. The van der Waals surface area contributed by atoms with Gasteiger partial charge >= 0.3 is 0 Å². The van der Waals surface area contributed by atoms with Crippen LogP contribution in [0, 0.1) is 6.92 Å². The Morgan fingerprint density at radius 3 is 2.08 bits per heavy atom. The normalized spacial score (nSPS) is 10.1. The molecule has 0 saturated carbocycles. The quantitative estimate of drug-likeness (QED) is 0.633. The first-order valence-corrected chi connectivity index (χ1v) is 7.72. The standard InChI is InChI=1S/C19H20N2O3/c1-13-6-5-7-15(12-13)18(23)20-10-11-21-19(24)17-9-4-3-8-16(17)14(2)22/h3-9,12H,10-11H2,1-2H3,(H,20,23)(H,21,24). The Labute approximate surface area is 141 Å². The second kappa shape index (κ2) is 8.06. The van der Waals surface area contributed by atoms with Gasteiger partial charge in [-0.1, -0.05) is 35.9 Å². The van der Waals surface area contributed by atoms with E-state index in [1.54, 1.807) is 36.4 Å². The van der Waals surface area contributed by atoms with Gasteiger partial charge in [0.15, 0.2) is 5.78 Å². The molecule has 0 bridgehead atoms. The van der Waals surface area contributed by atoms with Crippen LogP contribution in [0.5, 0.6) is 0 Å². The van der Waals surface area contributed by atoms with E-state index < -0.39 is 0 Å². The van der Waals surface area contributed by atoms with Crippen LogP contribution in [0.2, 0.25) is 0 Å². The van der Waals surface area contributed by atoms with Crippen LogP contribution < -0.4 is 10.6 Å². The predicted molar refractivity (Wildman–Crippen MR) is 92.3 cm³/mol. The average Bonchev–Trinajstić information content (AvgIpc) is 2.58. The van der Waals surface area contributed by atoms with Crippen LogP contribution in [0.25, 0.3) is 0 Å². The second-order valence-electron chi connectivity index (χ2n) is 5.48. The predicted octanol–water partition coefficient (Wildman–Crippen LogP) is 2.36. The summed E-state index contributed by atoms with van der Waals surface area (Å²) in [6.07, 6.45) is 0. The van der Waals surface area contributed by atoms with Crippen LogP contribution in [0.3, 0.4) is 0 Å². The summed E-state index contributed by atoms with van der Waals surface area (Å²) < 4.78 is 0. The van der Waals surface area contributed by atoms with E-state index in [4.69, 9.17) is 0 Å². The first-order chi connectivity index (χ1) is 11.5. The zero-order valence-corrected chi connectivity index (χ0v) is 13.8. The SMILES string of the molecule is CC(=O)c1ccccc1C(=O)NCCNC(=O)c1cccc(C)c1. The molecule has 2 N–H and O–H groups in total. The molecule has 0 radical (unpaired) electrons. The fourth-order valence-electron chi connectivity index (χ4n) is 2.32. The average molecular weight is 324 g/mol. The van der Waals surface area contributed by atoms with Crippen LogP contribution >= 0.6 is 0 Å². The van der Waals surface area contributed by atoms with E-state index in [1.807, 2.05) is 19.1 Å².